The van der Waals surface area contributed by atoms with Crippen molar-refractivity contribution in [3.63, 3.8) is 0 Å². The lowest BCUT2D eigenvalue weighted by Gasteiger charge is -2.43. The molecule has 36 heavy (non-hydrogen) atoms. The van der Waals surface area contributed by atoms with Gasteiger partial charge in [-0.25, -0.2) is 9.18 Å². The van der Waals surface area contributed by atoms with Crippen molar-refractivity contribution in [1.29, 1.82) is 5.26 Å². The SMILES string of the molecule is N#C[C@]1(CCCc2ccccc2)CN(C(=O)O)CC[C@H]1n1cc(C(N)=O)c(Nc2ccc(F)cc2)n1. The van der Waals surface area contributed by atoms with E-state index in [0.29, 0.717) is 24.9 Å². The number of primary amides is 1. The van der Waals surface area contributed by atoms with Gasteiger partial charge in [0, 0.05) is 25.0 Å². The molecule has 9 nitrogen and oxygen atoms in total. The van der Waals surface area contributed by atoms with Gasteiger partial charge in [0.05, 0.1) is 17.5 Å². The average Bonchev–Trinajstić information content (AvgIpc) is 3.29. The van der Waals surface area contributed by atoms with Crippen LogP contribution in [0.5, 0.6) is 0 Å². The van der Waals surface area contributed by atoms with Gasteiger partial charge in [0.25, 0.3) is 5.91 Å². The summed E-state index contributed by atoms with van der Waals surface area (Å²) in [7, 11) is 0. The smallest absolute Gasteiger partial charge is 0.407 e. The molecule has 0 radical (unpaired) electrons. The van der Waals surface area contributed by atoms with Crippen LogP contribution >= 0.6 is 0 Å². The summed E-state index contributed by atoms with van der Waals surface area (Å²) in [5, 5.41) is 27.5. The predicted molar refractivity (Wildman–Crippen MR) is 131 cm³/mol. The molecule has 1 aliphatic rings. The van der Waals surface area contributed by atoms with Crippen molar-refractivity contribution >= 4 is 23.5 Å². The van der Waals surface area contributed by atoms with Crippen LogP contribution in [0, 0.1) is 22.6 Å². The molecule has 0 spiro atoms. The van der Waals surface area contributed by atoms with Crippen molar-refractivity contribution in [1.82, 2.24) is 14.7 Å². The summed E-state index contributed by atoms with van der Waals surface area (Å²) in [6, 6.07) is 17.4. The maximum atomic E-state index is 13.3. The Morgan fingerprint density at radius 2 is 1.94 bits per heavy atom. The summed E-state index contributed by atoms with van der Waals surface area (Å²) in [5.74, 6) is -0.924. The highest BCUT2D eigenvalue weighted by Crippen LogP contribution is 2.43. The molecule has 2 aromatic carbocycles. The molecule has 2 atom stereocenters. The van der Waals surface area contributed by atoms with E-state index in [9.17, 15) is 24.3 Å². The Kier molecular flexibility index (Phi) is 7.20. The molecule has 4 rings (SSSR count). The van der Waals surface area contributed by atoms with Crippen LogP contribution in [0.4, 0.5) is 20.7 Å². The summed E-state index contributed by atoms with van der Waals surface area (Å²) >= 11 is 0. The second-order valence-electron chi connectivity index (χ2n) is 8.98. The fourth-order valence-corrected chi connectivity index (χ4v) is 4.79. The largest absolute Gasteiger partial charge is 0.465 e. The molecule has 1 saturated heterocycles. The van der Waals surface area contributed by atoms with Gasteiger partial charge >= 0.3 is 6.09 Å². The summed E-state index contributed by atoms with van der Waals surface area (Å²) < 4.78 is 14.9. The van der Waals surface area contributed by atoms with Crippen molar-refractivity contribution < 1.29 is 19.1 Å². The monoisotopic (exact) mass is 490 g/mol. The fourth-order valence-electron chi connectivity index (χ4n) is 4.79. The zero-order chi connectivity index (χ0) is 25.7. The van der Waals surface area contributed by atoms with Crippen LogP contribution in [0.15, 0.2) is 60.8 Å². The molecule has 10 heteroatoms. The second-order valence-corrected chi connectivity index (χ2v) is 8.98. The number of anilines is 2. The van der Waals surface area contributed by atoms with Crippen molar-refractivity contribution in [2.75, 3.05) is 18.4 Å². The van der Waals surface area contributed by atoms with E-state index >= 15 is 0 Å². The number of aromatic nitrogens is 2. The van der Waals surface area contributed by atoms with E-state index in [1.54, 1.807) is 4.68 Å². The second kappa shape index (κ2) is 10.5. The van der Waals surface area contributed by atoms with Crippen LogP contribution in [0.1, 0.15) is 41.2 Å². The first-order valence-corrected chi connectivity index (χ1v) is 11.7. The number of hydrogen-bond acceptors (Lipinski definition) is 5. The van der Waals surface area contributed by atoms with E-state index in [2.05, 4.69) is 16.5 Å². The molecular weight excluding hydrogens is 463 g/mol. The highest BCUT2D eigenvalue weighted by atomic mass is 19.1. The normalized spacial score (nSPS) is 19.4. The number of nitrogens with zero attached hydrogens (tertiary/aromatic N) is 4. The Bertz CT molecular complexity index is 1270. The molecule has 4 N–H and O–H groups in total. The number of piperidine rings is 1. The summed E-state index contributed by atoms with van der Waals surface area (Å²) in [6.45, 7) is 0.263. The van der Waals surface area contributed by atoms with Crippen LogP contribution in [-0.4, -0.2) is 44.9 Å². The van der Waals surface area contributed by atoms with Crippen LogP contribution in [0.3, 0.4) is 0 Å². The van der Waals surface area contributed by atoms with E-state index in [4.69, 9.17) is 5.73 Å². The van der Waals surface area contributed by atoms with Crippen molar-refractivity contribution in [2.24, 2.45) is 11.1 Å². The molecule has 0 unspecified atom stereocenters. The first kappa shape index (κ1) is 24.7. The quantitative estimate of drug-likeness (QED) is 0.430. The Labute approximate surface area is 207 Å². The Morgan fingerprint density at radius 1 is 1.22 bits per heavy atom. The number of nitrogens with one attached hydrogen (secondary N) is 1. The standard InChI is InChI=1S/C26H27FN6O3/c27-19-8-10-20(11-9-19)30-24-21(23(29)34)15-33(31-24)22-12-14-32(25(35)36)17-26(22,16-28)13-4-7-18-5-2-1-3-6-18/h1-3,5-6,8-11,15,22H,4,7,12-14,17H2,(H2,29,34)(H,30,31)(H,35,36)/t22-,26-/m1/s1. The topological polar surface area (TPSA) is 137 Å². The molecule has 1 aliphatic heterocycles. The number of likely N-dealkylation sites (tertiary alicyclic amines) is 1. The molecule has 0 saturated carbocycles. The Hall–Kier alpha value is -4.39. The number of nitriles is 1. The molecule has 186 valence electrons. The fraction of sp³-hybridized carbons (Fsp3) is 0.308. The van der Waals surface area contributed by atoms with Gasteiger partial charge in [0.2, 0.25) is 0 Å². The van der Waals surface area contributed by atoms with Gasteiger partial charge in [0.15, 0.2) is 5.82 Å². The molecule has 1 fully saturated rings. The number of benzene rings is 2. The maximum absolute atomic E-state index is 13.3. The van der Waals surface area contributed by atoms with Gasteiger partial charge in [-0.05, 0) is 55.5 Å². The van der Waals surface area contributed by atoms with E-state index in [1.165, 1.54) is 35.4 Å². The highest BCUT2D eigenvalue weighted by Gasteiger charge is 2.46. The lowest BCUT2D eigenvalue weighted by molar-refractivity contribution is 0.0579. The molecule has 3 aromatic rings. The third-order valence-electron chi connectivity index (χ3n) is 6.63. The third-order valence-corrected chi connectivity index (χ3v) is 6.63. The third kappa shape index (κ3) is 5.30. The van der Waals surface area contributed by atoms with Gasteiger partial charge in [-0.3, -0.25) is 9.48 Å². The van der Waals surface area contributed by atoms with Crippen molar-refractivity contribution in [3.05, 3.63) is 77.7 Å². The maximum Gasteiger partial charge on any atom is 0.407 e. The van der Waals surface area contributed by atoms with E-state index in [1.807, 2.05) is 30.3 Å². The Morgan fingerprint density at radius 3 is 2.58 bits per heavy atom. The highest BCUT2D eigenvalue weighted by molar-refractivity contribution is 5.98. The number of nitrogens with two attached hydrogens (primary N) is 1. The summed E-state index contributed by atoms with van der Waals surface area (Å²) in [4.78, 5) is 25.2. The number of carboxylic acid groups (broad SMARTS) is 1. The summed E-state index contributed by atoms with van der Waals surface area (Å²) in [6.07, 6.45) is 2.63. The summed E-state index contributed by atoms with van der Waals surface area (Å²) in [5.41, 5.74) is 6.31. The number of carbonyl (C=O) groups is 2. The number of halogens is 1. The lowest BCUT2D eigenvalue weighted by atomic mass is 9.73. The number of carbonyl (C=O) groups excluding carboxylic acids is 1. The number of rotatable bonds is 8. The number of hydrogen-bond donors (Lipinski definition) is 3. The molecule has 2 amide bonds. The predicted octanol–water partition coefficient (Wildman–Crippen LogP) is 4.32. The number of amides is 2. The molecular formula is C26H27FN6O3. The van der Waals surface area contributed by atoms with E-state index in [-0.39, 0.29) is 24.5 Å². The minimum Gasteiger partial charge on any atom is -0.465 e. The van der Waals surface area contributed by atoms with E-state index < -0.39 is 29.3 Å². The van der Waals surface area contributed by atoms with E-state index in [0.717, 1.165) is 12.0 Å². The van der Waals surface area contributed by atoms with Crippen molar-refractivity contribution in [3.8, 4) is 6.07 Å². The van der Waals surface area contributed by atoms with Crippen LogP contribution in [0.2, 0.25) is 0 Å². The zero-order valence-corrected chi connectivity index (χ0v) is 19.6. The van der Waals surface area contributed by atoms with Gasteiger partial charge in [0.1, 0.15) is 11.4 Å². The molecule has 2 heterocycles. The lowest BCUT2D eigenvalue weighted by Crippen LogP contribution is -2.50. The first-order chi connectivity index (χ1) is 17.3. The van der Waals surface area contributed by atoms with Gasteiger partial charge in [-0.15, -0.1) is 0 Å². The first-order valence-electron chi connectivity index (χ1n) is 11.7. The van der Waals surface area contributed by atoms with Crippen LogP contribution in [0.25, 0.3) is 0 Å². The van der Waals surface area contributed by atoms with Crippen LogP contribution < -0.4 is 11.1 Å². The number of aryl methyl sites for hydroxylation is 1. The van der Waals surface area contributed by atoms with Gasteiger partial charge < -0.3 is 21.1 Å². The van der Waals surface area contributed by atoms with Crippen molar-refractivity contribution in [2.45, 2.75) is 31.7 Å². The Balaban J connectivity index is 1.64. The van der Waals surface area contributed by atoms with Crippen LogP contribution in [-0.2, 0) is 6.42 Å². The minimum absolute atomic E-state index is 0.0325. The zero-order valence-electron chi connectivity index (χ0n) is 19.6. The molecule has 1 aromatic heterocycles. The average molecular weight is 491 g/mol. The van der Waals surface area contributed by atoms with Gasteiger partial charge in [-0.1, -0.05) is 30.3 Å². The molecule has 0 bridgehead atoms. The minimum atomic E-state index is -1.08. The molecule has 0 aliphatic carbocycles. The van der Waals surface area contributed by atoms with Gasteiger partial charge in [-0.2, -0.15) is 10.4 Å².